The summed E-state index contributed by atoms with van der Waals surface area (Å²) in [5.74, 6) is 0.675. The molecule has 3 heteroatoms. The SMILES string of the molecule is COC(C)=O.Cc1ccc(OCc2ccccc2)cc1. The van der Waals surface area contributed by atoms with Gasteiger partial charge >= 0.3 is 5.97 Å². The maximum atomic E-state index is 9.59. The Bertz CT molecular complexity index is 504. The number of methoxy groups -OCH3 is 1. The van der Waals surface area contributed by atoms with Crippen LogP contribution in [-0.4, -0.2) is 13.1 Å². The summed E-state index contributed by atoms with van der Waals surface area (Å²) in [5, 5.41) is 0. The molecule has 0 N–H and O–H groups in total. The van der Waals surface area contributed by atoms with Crippen LogP contribution >= 0.6 is 0 Å². The van der Waals surface area contributed by atoms with Gasteiger partial charge in [0.2, 0.25) is 0 Å². The highest BCUT2D eigenvalue weighted by atomic mass is 16.5. The van der Waals surface area contributed by atoms with E-state index in [-0.39, 0.29) is 5.97 Å². The Morgan fingerprint density at radius 3 is 2.05 bits per heavy atom. The molecule has 0 spiro atoms. The molecule has 0 aliphatic carbocycles. The number of hydrogen-bond acceptors (Lipinski definition) is 3. The summed E-state index contributed by atoms with van der Waals surface area (Å²) >= 11 is 0. The first-order valence-electron chi connectivity index (χ1n) is 6.39. The minimum atomic E-state index is -0.245. The molecule has 0 heterocycles. The fraction of sp³-hybridized carbons (Fsp3) is 0.235. The van der Waals surface area contributed by atoms with E-state index in [9.17, 15) is 4.79 Å². The Balaban J connectivity index is 0.000000347. The highest BCUT2D eigenvalue weighted by Gasteiger charge is 1.94. The maximum absolute atomic E-state index is 9.59. The van der Waals surface area contributed by atoms with E-state index in [1.54, 1.807) is 0 Å². The zero-order valence-corrected chi connectivity index (χ0v) is 12.1. The van der Waals surface area contributed by atoms with Crippen molar-refractivity contribution in [3.63, 3.8) is 0 Å². The lowest BCUT2D eigenvalue weighted by atomic mass is 10.2. The third kappa shape index (κ3) is 6.59. The second-order valence-corrected chi connectivity index (χ2v) is 4.28. The molecule has 0 atom stereocenters. The van der Waals surface area contributed by atoms with Crippen molar-refractivity contribution in [2.45, 2.75) is 20.5 Å². The predicted octanol–water partition coefficient (Wildman–Crippen LogP) is 3.75. The summed E-state index contributed by atoms with van der Waals surface area (Å²) in [4.78, 5) is 9.59. The molecule has 2 rings (SSSR count). The Hall–Kier alpha value is -2.29. The molecular weight excluding hydrogens is 252 g/mol. The molecular formula is C17H20O3. The summed E-state index contributed by atoms with van der Waals surface area (Å²) in [5.41, 5.74) is 2.44. The van der Waals surface area contributed by atoms with Crippen molar-refractivity contribution >= 4 is 5.97 Å². The van der Waals surface area contributed by atoms with Crippen molar-refractivity contribution in [2.75, 3.05) is 7.11 Å². The van der Waals surface area contributed by atoms with E-state index in [0.29, 0.717) is 6.61 Å². The third-order valence-electron chi connectivity index (χ3n) is 2.56. The maximum Gasteiger partial charge on any atom is 0.302 e. The van der Waals surface area contributed by atoms with Crippen LogP contribution in [0.3, 0.4) is 0 Å². The molecule has 2 aromatic rings. The lowest BCUT2D eigenvalue weighted by molar-refractivity contribution is -0.137. The second-order valence-electron chi connectivity index (χ2n) is 4.28. The lowest BCUT2D eigenvalue weighted by Crippen LogP contribution is -1.94. The summed E-state index contributed by atoms with van der Waals surface area (Å²) in [7, 11) is 1.35. The first-order valence-corrected chi connectivity index (χ1v) is 6.39. The standard InChI is InChI=1S/C14H14O.C3H6O2/c1-12-7-9-14(10-8-12)15-11-13-5-3-2-4-6-13;1-3(4)5-2/h2-10H,11H2,1H3;1-2H3. The van der Waals surface area contributed by atoms with Gasteiger partial charge in [-0.25, -0.2) is 0 Å². The van der Waals surface area contributed by atoms with Crippen LogP contribution in [0.1, 0.15) is 18.1 Å². The highest BCUT2D eigenvalue weighted by molar-refractivity contribution is 5.65. The number of rotatable bonds is 3. The van der Waals surface area contributed by atoms with Gasteiger partial charge in [-0.3, -0.25) is 4.79 Å². The number of esters is 1. The van der Waals surface area contributed by atoms with Crippen LogP contribution in [0.25, 0.3) is 0 Å². The first kappa shape index (κ1) is 15.8. The largest absolute Gasteiger partial charge is 0.489 e. The Morgan fingerprint density at radius 2 is 1.55 bits per heavy atom. The third-order valence-corrected chi connectivity index (χ3v) is 2.56. The van der Waals surface area contributed by atoms with Gasteiger partial charge in [-0.2, -0.15) is 0 Å². The Labute approximate surface area is 120 Å². The molecule has 0 saturated heterocycles. The Kier molecular flexibility index (Phi) is 6.90. The molecule has 3 nitrogen and oxygen atoms in total. The fourth-order valence-corrected chi connectivity index (χ4v) is 1.38. The van der Waals surface area contributed by atoms with Crippen molar-refractivity contribution < 1.29 is 14.3 Å². The second kappa shape index (κ2) is 8.75. The van der Waals surface area contributed by atoms with Crippen LogP contribution < -0.4 is 4.74 Å². The van der Waals surface area contributed by atoms with Gasteiger partial charge in [-0.05, 0) is 24.6 Å². The van der Waals surface area contributed by atoms with Crippen molar-refractivity contribution in [1.29, 1.82) is 0 Å². The lowest BCUT2D eigenvalue weighted by Gasteiger charge is -2.06. The quantitative estimate of drug-likeness (QED) is 0.798. The first-order chi connectivity index (χ1) is 9.61. The van der Waals surface area contributed by atoms with Gasteiger partial charge in [-0.1, -0.05) is 48.0 Å². The zero-order valence-electron chi connectivity index (χ0n) is 12.1. The predicted molar refractivity (Wildman–Crippen MR) is 79.6 cm³/mol. The minimum absolute atomic E-state index is 0.245. The zero-order chi connectivity index (χ0) is 14.8. The number of hydrogen-bond donors (Lipinski definition) is 0. The van der Waals surface area contributed by atoms with Crippen LogP contribution in [0.4, 0.5) is 0 Å². The van der Waals surface area contributed by atoms with Gasteiger partial charge in [0, 0.05) is 6.92 Å². The van der Waals surface area contributed by atoms with E-state index in [1.165, 1.54) is 25.2 Å². The average Bonchev–Trinajstić information content (AvgIpc) is 2.48. The van der Waals surface area contributed by atoms with E-state index in [2.05, 4.69) is 35.9 Å². The average molecular weight is 272 g/mol. The van der Waals surface area contributed by atoms with Gasteiger partial charge in [0.05, 0.1) is 7.11 Å². The number of carbonyl (C=O) groups is 1. The minimum Gasteiger partial charge on any atom is -0.489 e. The van der Waals surface area contributed by atoms with Crippen LogP contribution in [0, 0.1) is 6.92 Å². The van der Waals surface area contributed by atoms with E-state index in [0.717, 1.165) is 5.75 Å². The topological polar surface area (TPSA) is 35.5 Å². The van der Waals surface area contributed by atoms with Gasteiger partial charge in [0.25, 0.3) is 0 Å². The summed E-state index contributed by atoms with van der Waals surface area (Å²) in [6.07, 6.45) is 0. The van der Waals surface area contributed by atoms with Crippen molar-refractivity contribution in [1.82, 2.24) is 0 Å². The molecule has 0 aliphatic heterocycles. The van der Waals surface area contributed by atoms with Gasteiger partial charge in [-0.15, -0.1) is 0 Å². The molecule has 20 heavy (non-hydrogen) atoms. The molecule has 0 bridgehead atoms. The normalized spacial score (nSPS) is 9.15. The van der Waals surface area contributed by atoms with Gasteiger partial charge in [0.1, 0.15) is 12.4 Å². The summed E-state index contributed by atoms with van der Waals surface area (Å²) < 4.78 is 9.76. The molecule has 0 radical (unpaired) electrons. The molecule has 2 aromatic carbocycles. The number of benzene rings is 2. The number of ether oxygens (including phenoxy) is 2. The number of aryl methyl sites for hydroxylation is 1. The van der Waals surface area contributed by atoms with Gasteiger partial charge in [0.15, 0.2) is 0 Å². The van der Waals surface area contributed by atoms with Crippen molar-refractivity contribution in [3.8, 4) is 5.75 Å². The van der Waals surface area contributed by atoms with E-state index >= 15 is 0 Å². The van der Waals surface area contributed by atoms with Crippen LogP contribution in [0.5, 0.6) is 5.75 Å². The molecule has 106 valence electrons. The van der Waals surface area contributed by atoms with E-state index in [4.69, 9.17) is 4.74 Å². The summed E-state index contributed by atoms with van der Waals surface area (Å²) in [6.45, 7) is 4.06. The molecule has 0 aromatic heterocycles. The van der Waals surface area contributed by atoms with Crippen LogP contribution in [-0.2, 0) is 16.1 Å². The van der Waals surface area contributed by atoms with Crippen molar-refractivity contribution in [3.05, 3.63) is 65.7 Å². The van der Waals surface area contributed by atoms with Crippen molar-refractivity contribution in [2.24, 2.45) is 0 Å². The number of carbonyl (C=O) groups excluding carboxylic acids is 1. The summed E-state index contributed by atoms with van der Waals surface area (Å²) in [6, 6.07) is 18.3. The smallest absolute Gasteiger partial charge is 0.302 e. The van der Waals surface area contributed by atoms with Crippen LogP contribution in [0.2, 0.25) is 0 Å². The molecule has 0 unspecified atom stereocenters. The highest BCUT2D eigenvalue weighted by Crippen LogP contribution is 2.13. The fourth-order valence-electron chi connectivity index (χ4n) is 1.38. The van der Waals surface area contributed by atoms with Crippen LogP contribution in [0.15, 0.2) is 54.6 Å². The van der Waals surface area contributed by atoms with E-state index < -0.39 is 0 Å². The molecule has 0 fully saturated rings. The molecule has 0 amide bonds. The molecule has 0 saturated carbocycles. The van der Waals surface area contributed by atoms with Gasteiger partial charge < -0.3 is 9.47 Å². The Morgan fingerprint density at radius 1 is 1.00 bits per heavy atom. The molecule has 0 aliphatic rings. The monoisotopic (exact) mass is 272 g/mol. The van der Waals surface area contributed by atoms with E-state index in [1.807, 2.05) is 30.3 Å².